The van der Waals surface area contributed by atoms with Crippen molar-refractivity contribution in [3.63, 3.8) is 0 Å². The maximum absolute atomic E-state index is 12.4. The molecule has 0 aliphatic heterocycles. The Balaban J connectivity index is 1.71. The van der Waals surface area contributed by atoms with Crippen molar-refractivity contribution in [1.82, 2.24) is 4.57 Å². The average molecular weight is 478 g/mol. The lowest BCUT2D eigenvalue weighted by molar-refractivity contribution is -0.154. The summed E-state index contributed by atoms with van der Waals surface area (Å²) in [6.07, 6.45) is -0.714. The molecule has 1 aromatic heterocycles. The van der Waals surface area contributed by atoms with Crippen LogP contribution in [0.3, 0.4) is 0 Å². The second-order valence-electron chi connectivity index (χ2n) is 9.16. The minimum Gasteiger partial charge on any atom is -0.458 e. The molecule has 0 bridgehead atoms. The number of rotatable bonds is 7. The number of fused-ring (bicyclic) bond motifs is 7. The number of carbonyl (C=O) groups excluding carboxylic acids is 2. The molecule has 0 aliphatic carbocycles. The van der Waals surface area contributed by atoms with Crippen molar-refractivity contribution < 1.29 is 19.1 Å². The maximum atomic E-state index is 12.4. The van der Waals surface area contributed by atoms with E-state index in [1.807, 2.05) is 24.3 Å². The van der Waals surface area contributed by atoms with E-state index in [0.717, 1.165) is 43.4 Å². The van der Waals surface area contributed by atoms with Gasteiger partial charge in [-0.25, -0.2) is 9.59 Å². The SMILES string of the molecule is C=C(C)C(=O)OCC(Cn1c2ccc3ccccc3c2c2c3ccccc3ccc21)OC(=O)C(=C)C. The second-order valence-corrected chi connectivity index (χ2v) is 9.16. The van der Waals surface area contributed by atoms with Crippen molar-refractivity contribution in [2.75, 3.05) is 6.61 Å². The van der Waals surface area contributed by atoms with Crippen molar-refractivity contribution in [2.45, 2.75) is 26.5 Å². The fraction of sp³-hybridized carbons (Fsp3) is 0.161. The summed E-state index contributed by atoms with van der Waals surface area (Å²) in [7, 11) is 0. The van der Waals surface area contributed by atoms with E-state index in [4.69, 9.17) is 9.47 Å². The monoisotopic (exact) mass is 477 g/mol. The first-order valence-corrected chi connectivity index (χ1v) is 11.9. The van der Waals surface area contributed by atoms with Gasteiger partial charge in [0, 0.05) is 33.0 Å². The Bertz CT molecular complexity index is 1600. The van der Waals surface area contributed by atoms with Gasteiger partial charge in [0.1, 0.15) is 6.61 Å². The fourth-order valence-corrected chi connectivity index (χ4v) is 4.69. The van der Waals surface area contributed by atoms with Gasteiger partial charge in [-0.1, -0.05) is 73.8 Å². The van der Waals surface area contributed by atoms with Crippen LogP contribution in [0, 0.1) is 0 Å². The lowest BCUT2D eigenvalue weighted by Gasteiger charge is -2.20. The van der Waals surface area contributed by atoms with Gasteiger partial charge in [-0.3, -0.25) is 0 Å². The van der Waals surface area contributed by atoms with Crippen molar-refractivity contribution in [3.8, 4) is 0 Å². The van der Waals surface area contributed by atoms with Crippen LogP contribution in [0.4, 0.5) is 0 Å². The molecule has 5 nitrogen and oxygen atoms in total. The predicted molar refractivity (Wildman–Crippen MR) is 145 cm³/mol. The van der Waals surface area contributed by atoms with Crippen LogP contribution < -0.4 is 0 Å². The van der Waals surface area contributed by atoms with Gasteiger partial charge in [-0.2, -0.15) is 0 Å². The molecule has 1 unspecified atom stereocenters. The number of esters is 2. The van der Waals surface area contributed by atoms with Crippen LogP contribution in [0.5, 0.6) is 0 Å². The number of aromatic nitrogens is 1. The summed E-state index contributed by atoms with van der Waals surface area (Å²) in [5.41, 5.74) is 2.60. The molecule has 0 N–H and O–H groups in total. The third kappa shape index (κ3) is 4.13. The largest absolute Gasteiger partial charge is 0.458 e. The van der Waals surface area contributed by atoms with Gasteiger partial charge < -0.3 is 14.0 Å². The summed E-state index contributed by atoms with van der Waals surface area (Å²) in [6.45, 7) is 10.7. The maximum Gasteiger partial charge on any atom is 0.333 e. The average Bonchev–Trinajstić information content (AvgIpc) is 3.21. The first kappa shape index (κ1) is 23.4. The molecule has 0 saturated heterocycles. The summed E-state index contributed by atoms with van der Waals surface area (Å²) in [6, 6.07) is 25.1. The number of hydrogen-bond donors (Lipinski definition) is 0. The Morgan fingerprint density at radius 1 is 0.750 bits per heavy atom. The van der Waals surface area contributed by atoms with Crippen LogP contribution in [-0.2, 0) is 25.6 Å². The number of benzene rings is 4. The van der Waals surface area contributed by atoms with Gasteiger partial charge in [-0.05, 0) is 47.5 Å². The molecule has 1 heterocycles. The van der Waals surface area contributed by atoms with Crippen molar-refractivity contribution in [3.05, 3.63) is 97.1 Å². The van der Waals surface area contributed by atoms with Crippen molar-refractivity contribution >= 4 is 55.3 Å². The fourth-order valence-electron chi connectivity index (χ4n) is 4.69. The highest BCUT2D eigenvalue weighted by Gasteiger charge is 2.22. The zero-order valence-corrected chi connectivity index (χ0v) is 20.4. The third-order valence-corrected chi connectivity index (χ3v) is 6.40. The molecule has 0 spiro atoms. The summed E-state index contributed by atoms with van der Waals surface area (Å²) >= 11 is 0. The number of ether oxygens (including phenoxy) is 2. The van der Waals surface area contributed by atoms with Gasteiger partial charge >= 0.3 is 11.9 Å². The molecular formula is C31H27NO4. The van der Waals surface area contributed by atoms with Gasteiger partial charge in [0.15, 0.2) is 6.10 Å². The molecular weight excluding hydrogens is 450 g/mol. The van der Waals surface area contributed by atoms with Gasteiger partial charge in [0.05, 0.1) is 6.54 Å². The highest BCUT2D eigenvalue weighted by molar-refractivity contribution is 6.27. The minimum atomic E-state index is -0.714. The summed E-state index contributed by atoms with van der Waals surface area (Å²) in [5.74, 6) is -1.05. The smallest absolute Gasteiger partial charge is 0.333 e. The zero-order valence-electron chi connectivity index (χ0n) is 20.4. The molecule has 5 heteroatoms. The van der Waals surface area contributed by atoms with E-state index in [-0.39, 0.29) is 17.8 Å². The molecule has 1 atom stereocenters. The standard InChI is InChI=1S/C31H27NO4/c1-19(2)30(33)35-18-23(36-31(34)20(3)4)17-32-26-15-13-21-9-5-7-11-24(21)28(26)29-25-12-8-6-10-22(25)14-16-27(29)32/h5-16,23H,1,3,17-18H2,2,4H3. The highest BCUT2D eigenvalue weighted by atomic mass is 16.6. The first-order chi connectivity index (χ1) is 17.3. The van der Waals surface area contributed by atoms with E-state index in [1.54, 1.807) is 13.8 Å². The van der Waals surface area contributed by atoms with E-state index in [2.05, 4.69) is 66.3 Å². The Morgan fingerprint density at radius 2 is 1.25 bits per heavy atom. The molecule has 0 saturated carbocycles. The Labute approximate surface area is 209 Å². The van der Waals surface area contributed by atoms with Gasteiger partial charge in [-0.15, -0.1) is 0 Å². The molecule has 0 fully saturated rings. The predicted octanol–water partition coefficient (Wildman–Crippen LogP) is 6.71. The van der Waals surface area contributed by atoms with E-state index in [9.17, 15) is 9.59 Å². The minimum absolute atomic E-state index is 0.0902. The first-order valence-electron chi connectivity index (χ1n) is 11.9. The van der Waals surface area contributed by atoms with Crippen molar-refractivity contribution in [2.24, 2.45) is 0 Å². The van der Waals surface area contributed by atoms with Crippen molar-refractivity contribution in [1.29, 1.82) is 0 Å². The number of carbonyl (C=O) groups is 2. The molecule has 180 valence electrons. The van der Waals surface area contributed by atoms with E-state index in [1.165, 1.54) is 0 Å². The normalized spacial score (nSPS) is 12.2. The van der Waals surface area contributed by atoms with E-state index < -0.39 is 18.0 Å². The van der Waals surface area contributed by atoms with E-state index in [0.29, 0.717) is 6.54 Å². The van der Waals surface area contributed by atoms with Crippen LogP contribution in [0.2, 0.25) is 0 Å². The Kier molecular flexibility index (Phi) is 6.06. The van der Waals surface area contributed by atoms with Crippen LogP contribution in [0.1, 0.15) is 13.8 Å². The molecule has 0 aliphatic rings. The van der Waals surface area contributed by atoms with E-state index >= 15 is 0 Å². The van der Waals surface area contributed by atoms with Crippen LogP contribution >= 0.6 is 0 Å². The molecule has 5 aromatic rings. The molecule has 4 aromatic carbocycles. The number of nitrogens with zero attached hydrogens (tertiary/aromatic N) is 1. The zero-order chi connectivity index (χ0) is 25.4. The topological polar surface area (TPSA) is 57.5 Å². The molecule has 0 radical (unpaired) electrons. The summed E-state index contributed by atoms with van der Waals surface area (Å²) < 4.78 is 13.3. The summed E-state index contributed by atoms with van der Waals surface area (Å²) in [4.78, 5) is 24.5. The summed E-state index contributed by atoms with van der Waals surface area (Å²) in [5, 5.41) is 6.89. The lowest BCUT2D eigenvalue weighted by Crippen LogP contribution is -2.30. The van der Waals surface area contributed by atoms with Crippen LogP contribution in [-0.4, -0.2) is 29.2 Å². The molecule has 36 heavy (non-hydrogen) atoms. The molecule has 0 amide bonds. The highest BCUT2D eigenvalue weighted by Crippen LogP contribution is 2.39. The lowest BCUT2D eigenvalue weighted by atomic mass is 10.00. The number of hydrogen-bond acceptors (Lipinski definition) is 4. The Morgan fingerprint density at radius 3 is 1.75 bits per heavy atom. The Hall–Kier alpha value is -4.38. The third-order valence-electron chi connectivity index (χ3n) is 6.40. The second kappa shape index (κ2) is 9.34. The van der Waals surface area contributed by atoms with Gasteiger partial charge in [0.2, 0.25) is 0 Å². The van der Waals surface area contributed by atoms with Crippen LogP contribution in [0.25, 0.3) is 43.4 Å². The molecule has 5 rings (SSSR count). The van der Waals surface area contributed by atoms with Gasteiger partial charge in [0.25, 0.3) is 0 Å². The van der Waals surface area contributed by atoms with Crippen LogP contribution in [0.15, 0.2) is 97.1 Å². The quantitative estimate of drug-likeness (QED) is 0.193.